The lowest BCUT2D eigenvalue weighted by Crippen LogP contribution is -2.47. The Morgan fingerprint density at radius 3 is 2.58 bits per heavy atom. The molecule has 31 heavy (non-hydrogen) atoms. The molecule has 0 spiro atoms. The number of aromatic nitrogens is 3. The van der Waals surface area contributed by atoms with Gasteiger partial charge in [0.05, 0.1) is 0 Å². The number of pyridine rings is 1. The van der Waals surface area contributed by atoms with Crippen molar-refractivity contribution in [1.29, 1.82) is 0 Å². The zero-order valence-corrected chi connectivity index (χ0v) is 20.0. The van der Waals surface area contributed by atoms with Crippen LogP contribution in [-0.4, -0.2) is 72.0 Å². The van der Waals surface area contributed by atoms with E-state index in [9.17, 15) is 21.6 Å². The highest BCUT2D eigenvalue weighted by atomic mass is 127. The highest BCUT2D eigenvalue weighted by Crippen LogP contribution is 2.30. The monoisotopic (exact) mass is 575 g/mol. The maximum absolute atomic E-state index is 12.6. The number of sulfonamides is 1. The summed E-state index contributed by atoms with van der Waals surface area (Å²) in [6.45, 7) is 0.783. The molecular formula is C17H25F3IN7O2S. The molecule has 174 valence electrons. The molecule has 2 N–H and O–H groups in total. The van der Waals surface area contributed by atoms with Gasteiger partial charge in [-0.3, -0.25) is 9.39 Å². The van der Waals surface area contributed by atoms with Crippen LogP contribution in [0.3, 0.4) is 0 Å². The SMILES string of the molecule is CN=C(NCCc1nnc2ccccn12)NCC1CCN(S(=O)(=O)C(F)(F)F)CC1.I. The molecule has 3 heterocycles. The van der Waals surface area contributed by atoms with Crippen molar-refractivity contribution in [2.24, 2.45) is 10.9 Å². The van der Waals surface area contributed by atoms with Gasteiger partial charge in [-0.1, -0.05) is 6.07 Å². The highest BCUT2D eigenvalue weighted by Gasteiger charge is 2.50. The fourth-order valence-corrected chi connectivity index (χ4v) is 4.30. The maximum atomic E-state index is 12.6. The molecule has 1 aliphatic rings. The van der Waals surface area contributed by atoms with E-state index in [0.717, 1.165) is 11.5 Å². The smallest absolute Gasteiger partial charge is 0.356 e. The van der Waals surface area contributed by atoms with Crippen molar-refractivity contribution in [2.75, 3.05) is 33.2 Å². The lowest BCUT2D eigenvalue weighted by Gasteiger charge is -2.31. The Morgan fingerprint density at radius 1 is 1.23 bits per heavy atom. The standard InChI is InChI=1S/C17H24F3N7O2S.HI/c1-21-16(22-8-5-15-25-24-14-4-2-3-9-27(14)15)23-12-13-6-10-26(11-7-13)30(28,29)17(18,19)20;/h2-4,9,13H,5-8,10-12H2,1H3,(H2,21,22,23);1H. The van der Waals surface area contributed by atoms with Gasteiger partial charge in [-0.2, -0.15) is 17.5 Å². The lowest BCUT2D eigenvalue weighted by atomic mass is 9.98. The Bertz CT molecular complexity index is 989. The van der Waals surface area contributed by atoms with E-state index in [0.29, 0.717) is 42.6 Å². The Labute approximate surface area is 195 Å². The van der Waals surface area contributed by atoms with Crippen LogP contribution in [0.4, 0.5) is 13.2 Å². The summed E-state index contributed by atoms with van der Waals surface area (Å²) < 4.78 is 63.3. The average Bonchev–Trinajstić information content (AvgIpc) is 3.13. The van der Waals surface area contributed by atoms with Gasteiger partial charge in [0.1, 0.15) is 5.82 Å². The number of guanidine groups is 1. The molecular weight excluding hydrogens is 550 g/mol. The molecule has 0 atom stereocenters. The minimum Gasteiger partial charge on any atom is -0.356 e. The van der Waals surface area contributed by atoms with Gasteiger partial charge in [0.15, 0.2) is 11.6 Å². The summed E-state index contributed by atoms with van der Waals surface area (Å²) in [5.41, 5.74) is -4.48. The molecule has 1 aliphatic heterocycles. The summed E-state index contributed by atoms with van der Waals surface area (Å²) in [5, 5.41) is 14.6. The van der Waals surface area contributed by atoms with Crippen molar-refractivity contribution in [2.45, 2.75) is 24.8 Å². The Morgan fingerprint density at radius 2 is 1.94 bits per heavy atom. The van der Waals surface area contributed by atoms with Gasteiger partial charge in [-0.05, 0) is 30.9 Å². The first kappa shape index (κ1) is 25.6. The predicted molar refractivity (Wildman–Crippen MR) is 121 cm³/mol. The molecule has 0 bridgehead atoms. The number of aliphatic imine (C=N–C) groups is 1. The lowest BCUT2D eigenvalue weighted by molar-refractivity contribution is -0.0496. The second-order valence-corrected chi connectivity index (χ2v) is 8.90. The summed E-state index contributed by atoms with van der Waals surface area (Å²) >= 11 is 0. The third kappa shape index (κ3) is 6.19. The second kappa shape index (κ2) is 10.8. The Hall–Kier alpha value is -1.68. The molecule has 3 rings (SSSR count). The topological polar surface area (TPSA) is 104 Å². The van der Waals surface area contributed by atoms with Gasteiger partial charge < -0.3 is 10.6 Å². The van der Waals surface area contributed by atoms with Crippen molar-refractivity contribution in [1.82, 2.24) is 29.5 Å². The van der Waals surface area contributed by atoms with E-state index in [1.54, 1.807) is 7.05 Å². The van der Waals surface area contributed by atoms with Gasteiger partial charge in [-0.15, -0.1) is 34.2 Å². The van der Waals surface area contributed by atoms with Gasteiger partial charge in [-0.25, -0.2) is 8.42 Å². The first-order valence-electron chi connectivity index (χ1n) is 9.52. The largest absolute Gasteiger partial charge is 0.511 e. The molecule has 0 unspecified atom stereocenters. The zero-order chi connectivity index (χ0) is 21.8. The van der Waals surface area contributed by atoms with Crippen LogP contribution < -0.4 is 10.6 Å². The van der Waals surface area contributed by atoms with Crippen LogP contribution in [-0.2, 0) is 16.4 Å². The maximum Gasteiger partial charge on any atom is 0.511 e. The van der Waals surface area contributed by atoms with Crippen LogP contribution in [0.2, 0.25) is 0 Å². The molecule has 0 aliphatic carbocycles. The van der Waals surface area contributed by atoms with E-state index >= 15 is 0 Å². The van der Waals surface area contributed by atoms with E-state index < -0.39 is 15.5 Å². The average molecular weight is 575 g/mol. The number of alkyl halides is 3. The minimum absolute atomic E-state index is 0. The van der Waals surface area contributed by atoms with Crippen molar-refractivity contribution < 1.29 is 21.6 Å². The molecule has 2 aromatic rings. The molecule has 2 aromatic heterocycles. The minimum atomic E-state index is -5.25. The molecule has 14 heteroatoms. The Balaban J connectivity index is 0.00000341. The van der Waals surface area contributed by atoms with Crippen LogP contribution in [0.1, 0.15) is 18.7 Å². The van der Waals surface area contributed by atoms with E-state index in [1.807, 2.05) is 28.8 Å². The second-order valence-electron chi connectivity index (χ2n) is 6.97. The fraction of sp³-hybridized carbons (Fsp3) is 0.588. The van der Waals surface area contributed by atoms with E-state index in [-0.39, 0.29) is 43.0 Å². The van der Waals surface area contributed by atoms with Crippen LogP contribution in [0.25, 0.3) is 5.65 Å². The van der Waals surface area contributed by atoms with Gasteiger partial charge in [0.25, 0.3) is 0 Å². The van der Waals surface area contributed by atoms with E-state index in [2.05, 4.69) is 25.8 Å². The van der Waals surface area contributed by atoms with Crippen LogP contribution in [0.5, 0.6) is 0 Å². The summed E-state index contributed by atoms with van der Waals surface area (Å²) in [7, 11) is -3.62. The fourth-order valence-electron chi connectivity index (χ4n) is 3.32. The van der Waals surface area contributed by atoms with Gasteiger partial charge in [0, 0.05) is 45.8 Å². The van der Waals surface area contributed by atoms with Crippen LogP contribution in [0, 0.1) is 5.92 Å². The van der Waals surface area contributed by atoms with Crippen molar-refractivity contribution in [3.8, 4) is 0 Å². The third-order valence-electron chi connectivity index (χ3n) is 5.01. The molecule has 0 amide bonds. The van der Waals surface area contributed by atoms with Gasteiger partial charge in [0.2, 0.25) is 0 Å². The van der Waals surface area contributed by atoms with E-state index in [4.69, 9.17) is 0 Å². The molecule has 0 aromatic carbocycles. The summed E-state index contributed by atoms with van der Waals surface area (Å²) in [5.74, 6) is 1.43. The first-order valence-corrected chi connectivity index (χ1v) is 11.0. The Kier molecular flexibility index (Phi) is 8.88. The number of nitrogens with zero attached hydrogens (tertiary/aromatic N) is 5. The third-order valence-corrected chi connectivity index (χ3v) is 6.64. The van der Waals surface area contributed by atoms with Crippen molar-refractivity contribution in [3.63, 3.8) is 0 Å². The number of piperidine rings is 1. The van der Waals surface area contributed by atoms with Crippen molar-refractivity contribution in [3.05, 3.63) is 30.2 Å². The number of fused-ring (bicyclic) bond motifs is 1. The summed E-state index contributed by atoms with van der Waals surface area (Å²) in [4.78, 5) is 4.14. The first-order chi connectivity index (χ1) is 14.2. The number of halogens is 4. The molecule has 0 radical (unpaired) electrons. The summed E-state index contributed by atoms with van der Waals surface area (Å²) in [6, 6.07) is 5.66. The number of rotatable bonds is 6. The highest BCUT2D eigenvalue weighted by molar-refractivity contribution is 14.0. The van der Waals surface area contributed by atoms with Crippen LogP contribution in [0.15, 0.2) is 29.4 Å². The van der Waals surface area contributed by atoms with Gasteiger partial charge >= 0.3 is 15.5 Å². The molecule has 1 fully saturated rings. The van der Waals surface area contributed by atoms with Crippen LogP contribution >= 0.6 is 24.0 Å². The zero-order valence-electron chi connectivity index (χ0n) is 16.8. The molecule has 0 saturated carbocycles. The van der Waals surface area contributed by atoms with Crippen molar-refractivity contribution >= 4 is 45.6 Å². The van der Waals surface area contributed by atoms with E-state index in [1.165, 1.54) is 0 Å². The normalized spacial score (nSPS) is 16.8. The molecule has 9 nitrogen and oxygen atoms in total. The summed E-state index contributed by atoms with van der Waals surface area (Å²) in [6.07, 6.45) is 3.22. The number of hydrogen-bond acceptors (Lipinski definition) is 5. The molecule has 1 saturated heterocycles. The number of nitrogens with one attached hydrogen (secondary N) is 2. The number of hydrogen-bond donors (Lipinski definition) is 2. The predicted octanol–water partition coefficient (Wildman–Crippen LogP) is 1.62. The quantitative estimate of drug-likeness (QED) is 0.309.